The van der Waals surface area contributed by atoms with Crippen LogP contribution in [-0.4, -0.2) is 197 Å². The lowest BCUT2D eigenvalue weighted by molar-refractivity contribution is -0.364. The molecule has 8 rings (SSSR count). The number of esters is 2. The number of fused-ring (bicyclic) bond motifs is 1. The predicted molar refractivity (Wildman–Crippen MR) is 258 cm³/mol. The Hall–Kier alpha value is -7.08. The first-order valence-electron chi connectivity index (χ1n) is 23.7. The Labute approximate surface area is 437 Å². The fourth-order valence-electron chi connectivity index (χ4n) is 8.47. The second-order valence-corrected chi connectivity index (χ2v) is 18.0. The van der Waals surface area contributed by atoms with Crippen LogP contribution in [0.2, 0.25) is 0 Å². The maximum absolute atomic E-state index is 12.9. The zero-order valence-electron chi connectivity index (χ0n) is 40.5. The number of ether oxygens (including phenoxy) is 10. The highest BCUT2D eigenvalue weighted by Crippen LogP contribution is 2.46. The highest BCUT2D eigenvalue weighted by Gasteiger charge is 2.53. The van der Waals surface area contributed by atoms with Crippen molar-refractivity contribution < 1.29 is 123 Å². The van der Waals surface area contributed by atoms with E-state index in [1.54, 1.807) is 0 Å². The van der Waals surface area contributed by atoms with Crippen LogP contribution in [0.5, 0.6) is 40.2 Å². The van der Waals surface area contributed by atoms with Gasteiger partial charge >= 0.3 is 11.9 Å². The first-order chi connectivity index (χ1) is 36.8. The molecular formula is C52H56O25. The first-order valence-corrected chi connectivity index (χ1v) is 23.7. The van der Waals surface area contributed by atoms with E-state index in [1.807, 2.05) is 0 Å². The van der Waals surface area contributed by atoms with E-state index in [2.05, 4.69) is 0 Å². The molecule has 0 bridgehead atoms. The minimum atomic E-state index is -2.10. The molecule has 3 saturated heterocycles. The van der Waals surface area contributed by atoms with Crippen molar-refractivity contribution in [2.75, 3.05) is 26.9 Å². The van der Waals surface area contributed by atoms with Gasteiger partial charge in [-0.3, -0.25) is 0 Å². The van der Waals surface area contributed by atoms with E-state index in [1.165, 1.54) is 98.1 Å². The van der Waals surface area contributed by atoms with Gasteiger partial charge in [-0.2, -0.15) is 0 Å². The van der Waals surface area contributed by atoms with Gasteiger partial charge in [-0.25, -0.2) is 9.59 Å². The van der Waals surface area contributed by atoms with Crippen LogP contribution in [0.3, 0.4) is 0 Å². The van der Waals surface area contributed by atoms with Gasteiger partial charge in [0.2, 0.25) is 12.6 Å². The average molecular weight is 1080 g/mol. The van der Waals surface area contributed by atoms with Crippen LogP contribution in [0.4, 0.5) is 0 Å². The Bertz CT molecular complexity index is 2760. The molecule has 0 aromatic heterocycles. The van der Waals surface area contributed by atoms with Gasteiger partial charge in [-0.05, 0) is 65.8 Å². The largest absolute Gasteiger partial charge is 0.508 e. The molecule has 4 aromatic carbocycles. The van der Waals surface area contributed by atoms with Crippen molar-refractivity contribution in [3.63, 3.8) is 0 Å². The number of hydrogen-bond donors (Lipinski definition) is 13. The molecule has 0 radical (unpaired) electrons. The normalized spacial score (nSPS) is 31.2. The molecule has 77 heavy (non-hydrogen) atoms. The number of benzene rings is 4. The topological polar surface area (TPSA) is 389 Å². The summed E-state index contributed by atoms with van der Waals surface area (Å²) in [5.41, 5.74) is 1.18. The number of carbonyl (C=O) groups is 2. The van der Waals surface area contributed by atoms with Crippen molar-refractivity contribution in [1.82, 2.24) is 0 Å². The Balaban J connectivity index is 1.09. The number of aliphatic hydroxyl groups is 9. The molecule has 0 saturated carbocycles. The quantitative estimate of drug-likeness (QED) is 0.0461. The molecule has 4 aromatic rings. The van der Waals surface area contributed by atoms with E-state index in [0.717, 1.165) is 18.2 Å². The van der Waals surface area contributed by atoms with Crippen LogP contribution < -0.4 is 14.2 Å². The number of carbonyl (C=O) groups excluding carboxylic acids is 2. The summed E-state index contributed by atoms with van der Waals surface area (Å²) in [6.07, 6.45) is -23.3. The fourth-order valence-corrected chi connectivity index (χ4v) is 8.47. The highest BCUT2D eigenvalue weighted by molar-refractivity contribution is 5.87. The number of phenolic OH excluding ortho intramolecular Hbond substituents is 4. The summed E-state index contributed by atoms with van der Waals surface area (Å²) < 4.78 is 58.1. The van der Waals surface area contributed by atoms with Gasteiger partial charge in [0.1, 0.15) is 115 Å². The van der Waals surface area contributed by atoms with Crippen LogP contribution in [0.1, 0.15) is 28.4 Å². The van der Waals surface area contributed by atoms with E-state index >= 15 is 0 Å². The number of rotatable bonds is 17. The molecule has 25 heteroatoms. The van der Waals surface area contributed by atoms with Crippen LogP contribution in [0, 0.1) is 0 Å². The predicted octanol–water partition coefficient (Wildman–Crippen LogP) is -0.660. The van der Waals surface area contributed by atoms with Gasteiger partial charge in [-0.15, -0.1) is 0 Å². The molecule has 25 nitrogen and oxygen atoms in total. The second kappa shape index (κ2) is 24.5. The molecular weight excluding hydrogens is 1020 g/mol. The summed E-state index contributed by atoms with van der Waals surface area (Å²) in [4.78, 5) is 25.7. The minimum absolute atomic E-state index is 0.0150. The van der Waals surface area contributed by atoms with Gasteiger partial charge in [0.25, 0.3) is 0 Å². The van der Waals surface area contributed by atoms with Crippen LogP contribution in [0.25, 0.3) is 18.2 Å². The highest BCUT2D eigenvalue weighted by atomic mass is 16.8. The Kier molecular flexibility index (Phi) is 17.9. The van der Waals surface area contributed by atoms with Crippen molar-refractivity contribution >= 4 is 30.2 Å². The number of hydrogen-bond acceptors (Lipinski definition) is 25. The van der Waals surface area contributed by atoms with E-state index in [-0.39, 0.29) is 51.4 Å². The zero-order chi connectivity index (χ0) is 55.2. The van der Waals surface area contributed by atoms with E-state index < -0.39 is 136 Å². The molecule has 16 atom stereocenters. The summed E-state index contributed by atoms with van der Waals surface area (Å²) >= 11 is 0. The fraction of sp³-hybridized carbons (Fsp3) is 0.385. The lowest BCUT2D eigenvalue weighted by Crippen LogP contribution is -2.64. The van der Waals surface area contributed by atoms with Crippen molar-refractivity contribution in [3.8, 4) is 40.2 Å². The molecule has 4 heterocycles. The Morgan fingerprint density at radius 2 is 1.10 bits per heavy atom. The van der Waals surface area contributed by atoms with Gasteiger partial charge < -0.3 is 114 Å². The number of aliphatic hydroxyl groups excluding tert-OH is 9. The molecule has 414 valence electrons. The first kappa shape index (κ1) is 56.1. The van der Waals surface area contributed by atoms with E-state index in [9.17, 15) is 76.0 Å². The van der Waals surface area contributed by atoms with Crippen LogP contribution in [-0.2, 0) is 42.7 Å². The van der Waals surface area contributed by atoms with Gasteiger partial charge in [0, 0.05) is 29.8 Å². The average Bonchev–Trinajstić information content (AvgIpc) is 3.45. The zero-order valence-corrected chi connectivity index (χ0v) is 40.5. The number of phenols is 4. The van der Waals surface area contributed by atoms with E-state index in [0.29, 0.717) is 11.1 Å². The summed E-state index contributed by atoms with van der Waals surface area (Å²) in [5.74, 6) is -3.15. The molecule has 4 aliphatic rings. The maximum atomic E-state index is 12.9. The van der Waals surface area contributed by atoms with Crippen LogP contribution >= 0.6 is 0 Å². The molecule has 16 unspecified atom stereocenters. The monoisotopic (exact) mass is 1080 g/mol. The molecule has 0 aliphatic carbocycles. The van der Waals surface area contributed by atoms with Crippen molar-refractivity contribution in [2.24, 2.45) is 0 Å². The van der Waals surface area contributed by atoms with Gasteiger partial charge in [-0.1, -0.05) is 30.3 Å². The third-order valence-electron chi connectivity index (χ3n) is 12.7. The van der Waals surface area contributed by atoms with Gasteiger partial charge in [0.15, 0.2) is 30.0 Å². The standard InChI is InChI=1S/C52H56O25/c1-68-33-16-24(4-13-30(33)57)6-15-39(59)69-21-36-41(61)44(64)47(67)51(75-36)77-49-45(65)42(62)37(22-70-38(58)14-5-23-2-9-26(54)10-3-23)76-52(49)73-34-19-29-31(71-48(34)25-7-11-27(55)12-8-25)17-28(56)18-32(29)72-50-46(66)43(63)40(60)35(20-53)74-50/h2-19,35-37,40-57,60-67H,20-22H2,1H3. The van der Waals surface area contributed by atoms with Gasteiger partial charge in [0.05, 0.1) is 19.3 Å². The van der Waals surface area contributed by atoms with Crippen molar-refractivity contribution in [2.45, 2.75) is 98.2 Å². The smallest absolute Gasteiger partial charge is 0.330 e. The molecule has 0 spiro atoms. The molecule has 0 amide bonds. The third kappa shape index (κ3) is 13.0. The summed E-state index contributed by atoms with van der Waals surface area (Å²) in [6, 6.07) is 17.8. The summed E-state index contributed by atoms with van der Waals surface area (Å²) in [6.45, 7) is -2.28. The van der Waals surface area contributed by atoms with Crippen LogP contribution in [0.15, 0.2) is 96.8 Å². The number of methoxy groups -OCH3 is 1. The van der Waals surface area contributed by atoms with Crippen molar-refractivity contribution in [1.29, 1.82) is 0 Å². The summed E-state index contributed by atoms with van der Waals surface area (Å²) in [7, 11) is 1.33. The molecule has 3 fully saturated rings. The summed E-state index contributed by atoms with van der Waals surface area (Å²) in [5, 5.41) is 139. The molecule has 4 aliphatic heterocycles. The number of aromatic hydroxyl groups is 4. The second-order valence-electron chi connectivity index (χ2n) is 18.0. The molecule has 13 N–H and O–H groups in total. The lowest BCUT2D eigenvalue weighted by atomic mass is 9.97. The Morgan fingerprint density at radius 1 is 0.558 bits per heavy atom. The van der Waals surface area contributed by atoms with Crippen molar-refractivity contribution in [3.05, 3.63) is 119 Å². The lowest BCUT2D eigenvalue weighted by Gasteiger charge is -2.46. The maximum Gasteiger partial charge on any atom is 0.330 e. The minimum Gasteiger partial charge on any atom is -0.508 e. The third-order valence-corrected chi connectivity index (χ3v) is 12.7. The SMILES string of the molecule is COc1cc(C=CC(=O)OCC2OC(OC3C(OC4=Cc5c(cc(O)cc5OC5OC(CO)C(O)C(O)C5O)OC4c4ccc(O)cc4)OC(COC(=O)C=Cc4ccc(O)cc4)C(O)C3O)C(O)C(O)C2O)ccc1O. The van der Waals surface area contributed by atoms with E-state index in [4.69, 9.17) is 47.4 Å². The Morgan fingerprint density at radius 3 is 1.73 bits per heavy atom.